The Hall–Kier alpha value is -2.57. The van der Waals surface area contributed by atoms with Crippen LogP contribution in [0.2, 0.25) is 0 Å². The molecule has 0 amide bonds. The summed E-state index contributed by atoms with van der Waals surface area (Å²) in [5.41, 5.74) is 0.643. The normalized spacial score (nSPS) is 12.0. The van der Waals surface area contributed by atoms with Crippen LogP contribution in [0, 0.1) is 0 Å². The maximum Gasteiger partial charge on any atom is 0.420 e. The van der Waals surface area contributed by atoms with E-state index in [4.69, 9.17) is 0 Å². The molecule has 0 fully saturated rings. The lowest BCUT2D eigenvalue weighted by Gasteiger charge is -2.08. The molecule has 3 rings (SSSR count). The van der Waals surface area contributed by atoms with Gasteiger partial charge in [-0.1, -0.05) is 6.92 Å². The number of phenols is 1. The zero-order chi connectivity index (χ0) is 15.9. The van der Waals surface area contributed by atoms with Crippen LogP contribution >= 0.6 is 0 Å². The minimum atomic E-state index is -4.49. The van der Waals surface area contributed by atoms with E-state index in [0.29, 0.717) is 23.4 Å². The first-order chi connectivity index (χ1) is 10.4. The second-order valence-electron chi connectivity index (χ2n) is 4.79. The van der Waals surface area contributed by atoms with Crippen molar-refractivity contribution in [1.29, 1.82) is 0 Å². The zero-order valence-corrected chi connectivity index (χ0v) is 11.6. The number of hydrogen-bond donors (Lipinski definition) is 1. The number of phenolic OH excluding ortho intramolecular Hbond substituents is 1. The van der Waals surface area contributed by atoms with Gasteiger partial charge in [-0.2, -0.15) is 18.3 Å². The van der Waals surface area contributed by atoms with E-state index in [1.54, 1.807) is 12.1 Å². The summed E-state index contributed by atoms with van der Waals surface area (Å²) in [6.45, 7) is 1.82. The Morgan fingerprint density at radius 3 is 2.41 bits per heavy atom. The average Bonchev–Trinajstić information content (AvgIpc) is 2.85. The molecule has 0 saturated carbocycles. The van der Waals surface area contributed by atoms with Gasteiger partial charge in [0.15, 0.2) is 5.65 Å². The van der Waals surface area contributed by atoms with Gasteiger partial charge in [0.05, 0.1) is 11.4 Å². The van der Waals surface area contributed by atoms with Crippen molar-refractivity contribution < 1.29 is 18.3 Å². The van der Waals surface area contributed by atoms with Crippen LogP contribution < -0.4 is 0 Å². The maximum atomic E-state index is 13.1. The van der Waals surface area contributed by atoms with Crippen molar-refractivity contribution in [2.75, 3.05) is 0 Å². The number of rotatable bonds is 2. The average molecular weight is 307 g/mol. The first kappa shape index (κ1) is 14.4. The van der Waals surface area contributed by atoms with Gasteiger partial charge in [0.1, 0.15) is 11.3 Å². The van der Waals surface area contributed by atoms with Crippen LogP contribution in [0.1, 0.15) is 18.2 Å². The fraction of sp³-hybridized carbons (Fsp3) is 0.200. The van der Waals surface area contributed by atoms with E-state index < -0.39 is 11.7 Å². The second kappa shape index (κ2) is 5.01. The zero-order valence-electron chi connectivity index (χ0n) is 11.6. The van der Waals surface area contributed by atoms with Gasteiger partial charge in [-0.05, 0) is 36.8 Å². The molecule has 114 valence electrons. The molecule has 0 aliphatic carbocycles. The number of aromatic hydroxyl groups is 1. The molecular formula is C15H12F3N3O. The van der Waals surface area contributed by atoms with E-state index in [9.17, 15) is 18.3 Å². The summed E-state index contributed by atoms with van der Waals surface area (Å²) in [5, 5.41) is 13.4. The first-order valence-corrected chi connectivity index (χ1v) is 6.65. The minimum absolute atomic E-state index is 0.0829. The van der Waals surface area contributed by atoms with Gasteiger partial charge < -0.3 is 5.11 Å². The number of imidazole rings is 1. The summed E-state index contributed by atoms with van der Waals surface area (Å²) in [7, 11) is 0. The fourth-order valence-electron chi connectivity index (χ4n) is 2.37. The smallest absolute Gasteiger partial charge is 0.420 e. The van der Waals surface area contributed by atoms with Crippen LogP contribution in [0.4, 0.5) is 13.2 Å². The molecule has 3 aromatic rings. The molecule has 4 nitrogen and oxygen atoms in total. The first-order valence-electron chi connectivity index (χ1n) is 6.65. The van der Waals surface area contributed by atoms with E-state index in [-0.39, 0.29) is 11.4 Å². The van der Waals surface area contributed by atoms with Gasteiger partial charge in [-0.15, -0.1) is 0 Å². The van der Waals surface area contributed by atoms with Gasteiger partial charge in [0, 0.05) is 11.8 Å². The summed E-state index contributed by atoms with van der Waals surface area (Å²) < 4.78 is 40.5. The standard InChI is InChI=1S/C15H12F3N3O/c1-2-12-13(9-3-5-10(22)6-4-9)21-14(20-12)11(7-8-19-21)15(16,17)18/h3-8,22H,2H2,1H3. The van der Waals surface area contributed by atoms with Crippen molar-refractivity contribution in [3.8, 4) is 17.0 Å². The van der Waals surface area contributed by atoms with Gasteiger partial charge in [-0.3, -0.25) is 0 Å². The number of fused-ring (bicyclic) bond motifs is 1. The van der Waals surface area contributed by atoms with E-state index >= 15 is 0 Å². The summed E-state index contributed by atoms with van der Waals surface area (Å²) >= 11 is 0. The van der Waals surface area contributed by atoms with Gasteiger partial charge in [0.25, 0.3) is 0 Å². The molecule has 0 unspecified atom stereocenters. The lowest BCUT2D eigenvalue weighted by Crippen LogP contribution is -2.09. The molecule has 7 heteroatoms. The van der Waals surface area contributed by atoms with Crippen LogP contribution in [-0.4, -0.2) is 19.7 Å². The van der Waals surface area contributed by atoms with Crippen molar-refractivity contribution in [2.24, 2.45) is 0 Å². The number of benzene rings is 1. The Balaban J connectivity index is 2.32. The predicted octanol–water partition coefficient (Wildman–Crippen LogP) is 3.68. The third-order valence-electron chi connectivity index (χ3n) is 3.37. The van der Waals surface area contributed by atoms with Crippen molar-refractivity contribution >= 4 is 5.65 Å². The van der Waals surface area contributed by atoms with Crippen LogP contribution in [0.3, 0.4) is 0 Å². The molecule has 1 N–H and O–H groups in total. The third-order valence-corrected chi connectivity index (χ3v) is 3.37. The molecule has 0 spiro atoms. The summed E-state index contributed by atoms with van der Waals surface area (Å²) in [5.74, 6) is 0.0829. The molecule has 0 aliphatic heterocycles. The molecule has 1 aromatic carbocycles. The Labute approximate surface area is 123 Å². The molecule has 22 heavy (non-hydrogen) atoms. The molecule has 2 aromatic heterocycles. The van der Waals surface area contributed by atoms with E-state index in [1.807, 2.05) is 6.92 Å². The van der Waals surface area contributed by atoms with Gasteiger partial charge in [-0.25, -0.2) is 9.50 Å². The van der Waals surface area contributed by atoms with Crippen molar-refractivity contribution in [3.05, 3.63) is 47.8 Å². The predicted molar refractivity (Wildman–Crippen MR) is 74.5 cm³/mol. The third kappa shape index (κ3) is 2.28. The Morgan fingerprint density at radius 2 is 1.82 bits per heavy atom. The van der Waals surface area contributed by atoms with Crippen LogP contribution in [0.25, 0.3) is 16.9 Å². The number of alkyl halides is 3. The molecular weight excluding hydrogens is 295 g/mol. The largest absolute Gasteiger partial charge is 0.508 e. The fourth-order valence-corrected chi connectivity index (χ4v) is 2.37. The molecule has 0 radical (unpaired) electrons. The van der Waals surface area contributed by atoms with Crippen molar-refractivity contribution in [3.63, 3.8) is 0 Å². The molecule has 0 atom stereocenters. The topological polar surface area (TPSA) is 50.4 Å². The summed E-state index contributed by atoms with van der Waals surface area (Å²) in [6, 6.07) is 7.12. The van der Waals surface area contributed by atoms with E-state index in [1.165, 1.54) is 16.6 Å². The highest BCUT2D eigenvalue weighted by Crippen LogP contribution is 2.34. The summed E-state index contributed by atoms with van der Waals surface area (Å²) in [6.07, 6.45) is -2.91. The van der Waals surface area contributed by atoms with Crippen LogP contribution in [0.15, 0.2) is 36.5 Å². The van der Waals surface area contributed by atoms with Crippen LogP contribution in [-0.2, 0) is 12.6 Å². The van der Waals surface area contributed by atoms with Crippen molar-refractivity contribution in [1.82, 2.24) is 14.6 Å². The minimum Gasteiger partial charge on any atom is -0.508 e. The van der Waals surface area contributed by atoms with E-state index in [0.717, 1.165) is 12.3 Å². The highest BCUT2D eigenvalue weighted by Gasteiger charge is 2.35. The number of nitrogens with zero attached hydrogens (tertiary/aromatic N) is 3. The quantitative estimate of drug-likeness (QED) is 0.785. The molecule has 0 saturated heterocycles. The van der Waals surface area contributed by atoms with Gasteiger partial charge in [0.2, 0.25) is 0 Å². The second-order valence-corrected chi connectivity index (χ2v) is 4.79. The van der Waals surface area contributed by atoms with E-state index in [2.05, 4.69) is 10.1 Å². The maximum absolute atomic E-state index is 13.1. The van der Waals surface area contributed by atoms with Crippen molar-refractivity contribution in [2.45, 2.75) is 19.5 Å². The number of aryl methyl sites for hydroxylation is 1. The Kier molecular flexibility index (Phi) is 3.27. The monoisotopic (exact) mass is 307 g/mol. The molecule has 0 bridgehead atoms. The van der Waals surface area contributed by atoms with Gasteiger partial charge >= 0.3 is 6.18 Å². The summed E-state index contributed by atoms with van der Waals surface area (Å²) in [4.78, 5) is 4.11. The highest BCUT2D eigenvalue weighted by molar-refractivity contribution is 5.68. The highest BCUT2D eigenvalue weighted by atomic mass is 19.4. The van der Waals surface area contributed by atoms with Crippen LogP contribution in [0.5, 0.6) is 5.75 Å². The SMILES string of the molecule is CCc1nc2c(C(F)(F)F)ccnn2c1-c1ccc(O)cc1. The molecule has 2 heterocycles. The Morgan fingerprint density at radius 1 is 1.14 bits per heavy atom. The number of hydrogen-bond acceptors (Lipinski definition) is 3. The number of aromatic nitrogens is 3. The lowest BCUT2D eigenvalue weighted by molar-refractivity contribution is -0.136. The lowest BCUT2D eigenvalue weighted by atomic mass is 10.1. The number of halogens is 3. The molecule has 0 aliphatic rings. The Bertz CT molecular complexity index is 822.